The zero-order valence-corrected chi connectivity index (χ0v) is 19.9. The Bertz CT molecular complexity index is 1350. The second kappa shape index (κ2) is 9.69. The van der Waals surface area contributed by atoms with Gasteiger partial charge in [-0.2, -0.15) is 0 Å². The summed E-state index contributed by atoms with van der Waals surface area (Å²) in [7, 11) is -3.91. The van der Waals surface area contributed by atoms with Gasteiger partial charge < -0.3 is 9.64 Å². The van der Waals surface area contributed by atoms with E-state index in [9.17, 15) is 18.0 Å². The Hall–Kier alpha value is -3.65. The normalized spacial score (nSPS) is 13.2. The van der Waals surface area contributed by atoms with Gasteiger partial charge in [-0.05, 0) is 66.8 Å². The van der Waals surface area contributed by atoms with Crippen molar-refractivity contribution in [1.82, 2.24) is 4.90 Å². The molecule has 0 atom stereocenters. The van der Waals surface area contributed by atoms with Crippen molar-refractivity contribution in [3.63, 3.8) is 0 Å². The van der Waals surface area contributed by atoms with Crippen LogP contribution in [0.5, 0.6) is 0 Å². The average Bonchev–Trinajstić information content (AvgIpc) is 2.82. The first-order valence-corrected chi connectivity index (χ1v) is 12.4. The van der Waals surface area contributed by atoms with Crippen LogP contribution in [0.2, 0.25) is 0 Å². The number of ether oxygens (including phenoxy) is 1. The second-order valence-corrected chi connectivity index (χ2v) is 10.0. The van der Waals surface area contributed by atoms with Crippen LogP contribution in [0.4, 0.5) is 5.69 Å². The van der Waals surface area contributed by atoms with Crippen LogP contribution in [0.15, 0.2) is 71.6 Å². The summed E-state index contributed by atoms with van der Waals surface area (Å²) in [5.74, 6) is -1.03. The smallest absolute Gasteiger partial charge is 0.338 e. The number of hydrogen-bond donors (Lipinski definition) is 1. The topological polar surface area (TPSA) is 92.8 Å². The van der Waals surface area contributed by atoms with Crippen molar-refractivity contribution < 1.29 is 22.7 Å². The van der Waals surface area contributed by atoms with Crippen molar-refractivity contribution in [2.75, 3.05) is 17.9 Å². The fourth-order valence-electron chi connectivity index (χ4n) is 3.92. The molecule has 1 aliphatic rings. The number of esters is 1. The monoisotopic (exact) mass is 478 g/mol. The third-order valence-corrected chi connectivity index (χ3v) is 7.20. The molecule has 7 nitrogen and oxygen atoms in total. The van der Waals surface area contributed by atoms with Crippen LogP contribution in [0.3, 0.4) is 0 Å². The molecule has 176 valence electrons. The molecule has 0 unspecified atom stereocenters. The Morgan fingerprint density at radius 3 is 2.50 bits per heavy atom. The lowest BCUT2D eigenvalue weighted by atomic mass is 10.00. The maximum atomic E-state index is 12.8. The highest BCUT2D eigenvalue weighted by atomic mass is 32.2. The quantitative estimate of drug-likeness (QED) is 0.544. The van der Waals surface area contributed by atoms with Gasteiger partial charge in [0.1, 0.15) is 0 Å². The lowest BCUT2D eigenvalue weighted by Gasteiger charge is -2.28. The molecule has 3 aromatic carbocycles. The van der Waals surface area contributed by atoms with E-state index in [0.717, 1.165) is 17.5 Å². The van der Waals surface area contributed by atoms with E-state index in [2.05, 4.69) is 10.8 Å². The van der Waals surface area contributed by atoms with Gasteiger partial charge in [-0.1, -0.05) is 42.5 Å². The lowest BCUT2D eigenvalue weighted by molar-refractivity contribution is -0.135. The summed E-state index contributed by atoms with van der Waals surface area (Å²) < 4.78 is 33.5. The van der Waals surface area contributed by atoms with E-state index in [4.69, 9.17) is 4.74 Å². The van der Waals surface area contributed by atoms with Gasteiger partial charge in [0.2, 0.25) is 0 Å². The van der Waals surface area contributed by atoms with E-state index in [1.807, 2.05) is 31.2 Å². The van der Waals surface area contributed by atoms with Crippen molar-refractivity contribution in [3.05, 3.63) is 94.5 Å². The summed E-state index contributed by atoms with van der Waals surface area (Å²) in [6, 6.07) is 19.2. The number of aryl methyl sites for hydroxylation is 2. The fourth-order valence-corrected chi connectivity index (χ4v) is 4.99. The van der Waals surface area contributed by atoms with Crippen molar-refractivity contribution >= 4 is 27.6 Å². The molecule has 0 bridgehead atoms. The highest BCUT2D eigenvalue weighted by molar-refractivity contribution is 7.92. The molecule has 3 aromatic rings. The van der Waals surface area contributed by atoms with Crippen LogP contribution >= 0.6 is 0 Å². The van der Waals surface area contributed by atoms with E-state index in [0.29, 0.717) is 24.3 Å². The minimum Gasteiger partial charge on any atom is -0.452 e. The third-order valence-electron chi connectivity index (χ3n) is 5.82. The Morgan fingerprint density at radius 1 is 0.971 bits per heavy atom. The lowest BCUT2D eigenvalue weighted by Crippen LogP contribution is -2.38. The first kappa shape index (κ1) is 23.5. The predicted molar refractivity (Wildman–Crippen MR) is 129 cm³/mol. The molecule has 0 fully saturated rings. The van der Waals surface area contributed by atoms with Crippen LogP contribution in [0, 0.1) is 13.8 Å². The van der Waals surface area contributed by atoms with E-state index in [-0.39, 0.29) is 16.4 Å². The molecule has 1 heterocycles. The highest BCUT2D eigenvalue weighted by Crippen LogP contribution is 2.21. The molecule has 1 N–H and O–H groups in total. The molecular formula is C26H26N2O5S. The second-order valence-electron chi connectivity index (χ2n) is 8.36. The van der Waals surface area contributed by atoms with Gasteiger partial charge in [-0.15, -0.1) is 0 Å². The average molecular weight is 479 g/mol. The number of carbonyl (C=O) groups excluding carboxylic acids is 2. The molecule has 1 amide bonds. The molecule has 0 saturated heterocycles. The number of amides is 1. The molecule has 0 saturated carbocycles. The summed E-state index contributed by atoms with van der Waals surface area (Å²) in [5, 5.41) is 0. The molecule has 34 heavy (non-hydrogen) atoms. The number of benzene rings is 3. The van der Waals surface area contributed by atoms with Crippen LogP contribution < -0.4 is 4.72 Å². The molecule has 4 rings (SSSR count). The van der Waals surface area contributed by atoms with Crippen LogP contribution in [0.1, 0.15) is 32.6 Å². The van der Waals surface area contributed by atoms with Gasteiger partial charge in [-0.3, -0.25) is 9.52 Å². The largest absolute Gasteiger partial charge is 0.452 e. The molecule has 0 aliphatic carbocycles. The Labute approximate surface area is 199 Å². The third kappa shape index (κ3) is 5.28. The summed E-state index contributed by atoms with van der Waals surface area (Å²) >= 11 is 0. The van der Waals surface area contributed by atoms with Crippen molar-refractivity contribution in [1.29, 1.82) is 0 Å². The number of nitrogens with zero attached hydrogens (tertiary/aromatic N) is 1. The number of rotatable bonds is 6. The first-order chi connectivity index (χ1) is 16.2. The Kier molecular flexibility index (Phi) is 6.70. The van der Waals surface area contributed by atoms with Gasteiger partial charge in [0.15, 0.2) is 6.61 Å². The Balaban J connectivity index is 1.43. The highest BCUT2D eigenvalue weighted by Gasteiger charge is 2.23. The summed E-state index contributed by atoms with van der Waals surface area (Å²) in [5.41, 5.74) is 4.30. The van der Waals surface area contributed by atoms with E-state index in [1.54, 1.807) is 36.1 Å². The minimum absolute atomic E-state index is 0.0643. The maximum Gasteiger partial charge on any atom is 0.338 e. The molecule has 0 radical (unpaired) electrons. The van der Waals surface area contributed by atoms with Gasteiger partial charge in [0.25, 0.3) is 15.9 Å². The number of anilines is 1. The van der Waals surface area contributed by atoms with Crippen LogP contribution in [-0.2, 0) is 32.5 Å². The van der Waals surface area contributed by atoms with Crippen molar-refractivity contribution in [2.45, 2.75) is 31.7 Å². The van der Waals surface area contributed by atoms with E-state index >= 15 is 0 Å². The summed E-state index contributed by atoms with van der Waals surface area (Å²) in [6.45, 7) is 4.18. The SMILES string of the molecule is Cc1cccc(NS(=O)(=O)c2ccc(C)c(C(=O)OCC(=O)N3CCc4ccccc4C3)c2)c1. The van der Waals surface area contributed by atoms with E-state index in [1.165, 1.54) is 17.7 Å². The zero-order chi connectivity index (χ0) is 24.3. The molecule has 1 aliphatic heterocycles. The first-order valence-electron chi connectivity index (χ1n) is 10.9. The van der Waals surface area contributed by atoms with Crippen molar-refractivity contribution in [2.24, 2.45) is 0 Å². The Morgan fingerprint density at radius 2 is 1.74 bits per heavy atom. The summed E-state index contributed by atoms with van der Waals surface area (Å²) in [4.78, 5) is 27.0. The number of carbonyl (C=O) groups is 2. The summed E-state index contributed by atoms with van der Waals surface area (Å²) in [6.07, 6.45) is 0.753. The van der Waals surface area contributed by atoms with Gasteiger partial charge in [0.05, 0.1) is 10.5 Å². The number of hydrogen-bond acceptors (Lipinski definition) is 5. The van der Waals surface area contributed by atoms with E-state index < -0.39 is 22.6 Å². The van der Waals surface area contributed by atoms with Crippen molar-refractivity contribution in [3.8, 4) is 0 Å². The minimum atomic E-state index is -3.91. The van der Waals surface area contributed by atoms with Gasteiger partial charge in [-0.25, -0.2) is 13.2 Å². The number of nitrogens with one attached hydrogen (secondary N) is 1. The zero-order valence-electron chi connectivity index (χ0n) is 19.1. The molecule has 0 spiro atoms. The molecular weight excluding hydrogens is 452 g/mol. The van der Waals surface area contributed by atoms with Crippen LogP contribution in [0.25, 0.3) is 0 Å². The predicted octanol–water partition coefficient (Wildman–Crippen LogP) is 3.85. The number of sulfonamides is 1. The molecule has 8 heteroatoms. The standard InChI is InChI=1S/C26H26N2O5S/c1-18-6-5-9-22(14-18)27-34(31,32)23-11-10-19(2)24(15-23)26(30)33-17-25(29)28-13-12-20-7-3-4-8-21(20)16-28/h3-11,14-15,27H,12-13,16-17H2,1-2H3. The van der Waals surface area contributed by atoms with Gasteiger partial charge >= 0.3 is 5.97 Å². The number of fused-ring (bicyclic) bond motifs is 1. The van der Waals surface area contributed by atoms with Gasteiger partial charge in [0, 0.05) is 18.8 Å². The fraction of sp³-hybridized carbons (Fsp3) is 0.231. The molecule has 0 aromatic heterocycles. The van der Waals surface area contributed by atoms with Crippen LogP contribution in [-0.4, -0.2) is 38.3 Å². The maximum absolute atomic E-state index is 12.8.